The lowest BCUT2D eigenvalue weighted by Gasteiger charge is -2.23. The Morgan fingerprint density at radius 1 is 1.09 bits per heavy atom. The average Bonchev–Trinajstić information content (AvgIpc) is 3.19. The summed E-state index contributed by atoms with van der Waals surface area (Å²) in [5, 5.41) is 13.1. The summed E-state index contributed by atoms with van der Waals surface area (Å²) in [6, 6.07) is 14.3. The fourth-order valence-corrected chi connectivity index (χ4v) is 5.61. The molecule has 1 unspecified atom stereocenters. The number of nitrogens with one attached hydrogen (secondary N) is 2. The number of aliphatic hydroxyl groups is 1. The Hall–Kier alpha value is -4.45. The molecule has 1 aliphatic rings. The fourth-order valence-electron chi connectivity index (χ4n) is 4.23. The number of carbonyl (C=O) groups excluding carboxylic acids is 1. The lowest BCUT2D eigenvalue weighted by molar-refractivity contribution is -0.149. The normalized spacial score (nSPS) is 22.6. The molecule has 0 aliphatic carbocycles. The minimum absolute atomic E-state index is 0.0991. The topological polar surface area (TPSA) is 158 Å². The molecule has 1 aromatic heterocycles. The van der Waals surface area contributed by atoms with Crippen molar-refractivity contribution in [2.45, 2.75) is 64.8 Å². The average molecular weight is 644 g/mol. The van der Waals surface area contributed by atoms with Gasteiger partial charge in [0.25, 0.3) is 5.56 Å². The van der Waals surface area contributed by atoms with E-state index in [1.807, 2.05) is 48.3 Å². The van der Waals surface area contributed by atoms with E-state index in [0.29, 0.717) is 6.26 Å². The summed E-state index contributed by atoms with van der Waals surface area (Å²) in [6.45, 7) is 7.66. The second-order valence-corrected chi connectivity index (χ2v) is 12.6. The number of aryl methyl sites for hydroxylation is 1. The Morgan fingerprint density at radius 3 is 2.27 bits per heavy atom. The van der Waals surface area contributed by atoms with E-state index in [-0.39, 0.29) is 5.75 Å². The largest absolute Gasteiger partial charge is 0.513 e. The molecule has 1 saturated heterocycles. The molecule has 14 heteroatoms. The smallest absolute Gasteiger partial charge is 0.465 e. The van der Waals surface area contributed by atoms with E-state index < -0.39 is 60.9 Å². The molecule has 0 bridgehead atoms. The Balaban J connectivity index is 1.57. The zero-order valence-electron chi connectivity index (χ0n) is 25.3. The van der Waals surface area contributed by atoms with Crippen LogP contribution in [-0.4, -0.2) is 44.5 Å². The molecule has 5 atom stereocenters. The van der Waals surface area contributed by atoms with Gasteiger partial charge in [0.1, 0.15) is 18.1 Å². The van der Waals surface area contributed by atoms with E-state index in [4.69, 9.17) is 18.5 Å². The summed E-state index contributed by atoms with van der Waals surface area (Å²) in [5.41, 5.74) is -1.29. The van der Waals surface area contributed by atoms with Crippen LogP contribution in [0.15, 0.2) is 82.4 Å². The SMILES string of the molecule is Cc1ccc(/C=C/c2ccc(OP(=O)(N[C@@H](C)C(=O)OC(C)C)O/C=C3/O[C@@H](n4ccc(=O)[nH]c4=O)[C@](C)(F)[C@@H]3O)cc2)cc1. The summed E-state index contributed by atoms with van der Waals surface area (Å²) in [5.74, 6) is -1.17. The zero-order chi connectivity index (χ0) is 32.9. The molecule has 3 aromatic rings. The number of halogens is 1. The second-order valence-electron chi connectivity index (χ2n) is 10.9. The molecule has 4 rings (SSSR count). The van der Waals surface area contributed by atoms with Crippen molar-refractivity contribution in [1.29, 1.82) is 0 Å². The number of ether oxygens (including phenoxy) is 2. The molecule has 240 valence electrons. The van der Waals surface area contributed by atoms with Crippen molar-refractivity contribution in [1.82, 2.24) is 14.6 Å². The number of benzene rings is 2. The van der Waals surface area contributed by atoms with E-state index in [0.717, 1.165) is 40.4 Å². The maximum absolute atomic E-state index is 15.6. The van der Waals surface area contributed by atoms with Gasteiger partial charge in [-0.15, -0.1) is 0 Å². The molecule has 3 N–H and O–H groups in total. The highest BCUT2D eigenvalue weighted by Gasteiger charge is 2.54. The van der Waals surface area contributed by atoms with Gasteiger partial charge in [0.05, 0.1) is 6.10 Å². The van der Waals surface area contributed by atoms with Crippen LogP contribution < -0.4 is 20.9 Å². The molecule has 0 radical (unpaired) electrons. The number of alkyl halides is 1. The van der Waals surface area contributed by atoms with Crippen LogP contribution in [0.3, 0.4) is 0 Å². The van der Waals surface area contributed by atoms with Gasteiger partial charge in [-0.2, -0.15) is 5.09 Å². The van der Waals surface area contributed by atoms with Gasteiger partial charge in [-0.25, -0.2) is 13.8 Å². The summed E-state index contributed by atoms with van der Waals surface area (Å²) in [6.07, 6.45) is 1.37. The van der Waals surface area contributed by atoms with E-state index in [2.05, 4.69) is 5.09 Å². The zero-order valence-corrected chi connectivity index (χ0v) is 26.2. The predicted octanol–water partition coefficient (Wildman–Crippen LogP) is 4.61. The van der Waals surface area contributed by atoms with E-state index in [1.54, 1.807) is 26.0 Å². The van der Waals surface area contributed by atoms with Crippen LogP contribution in [0.2, 0.25) is 0 Å². The number of rotatable bonds is 11. The number of esters is 1. The molecule has 2 aromatic carbocycles. The molecule has 12 nitrogen and oxygen atoms in total. The quantitative estimate of drug-likeness (QED) is 0.117. The lowest BCUT2D eigenvalue weighted by atomic mass is 10.0. The molecule has 1 fully saturated rings. The Morgan fingerprint density at radius 2 is 1.69 bits per heavy atom. The van der Waals surface area contributed by atoms with Crippen molar-refractivity contribution in [2.75, 3.05) is 0 Å². The van der Waals surface area contributed by atoms with Gasteiger partial charge in [-0.1, -0.05) is 54.1 Å². The van der Waals surface area contributed by atoms with Crippen LogP contribution in [0.4, 0.5) is 4.39 Å². The molecule has 0 saturated carbocycles. The third-order valence-corrected chi connectivity index (χ3v) is 8.19. The highest BCUT2D eigenvalue weighted by molar-refractivity contribution is 7.52. The van der Waals surface area contributed by atoms with Crippen molar-refractivity contribution in [2.24, 2.45) is 0 Å². The first kappa shape index (κ1) is 33.4. The van der Waals surface area contributed by atoms with Crippen LogP contribution in [0, 0.1) is 6.92 Å². The van der Waals surface area contributed by atoms with Gasteiger partial charge < -0.3 is 23.6 Å². The van der Waals surface area contributed by atoms with Gasteiger partial charge in [0, 0.05) is 12.3 Å². The van der Waals surface area contributed by atoms with Crippen LogP contribution in [0.1, 0.15) is 50.6 Å². The highest BCUT2D eigenvalue weighted by atomic mass is 31.2. The lowest BCUT2D eigenvalue weighted by Crippen LogP contribution is -2.42. The first-order valence-corrected chi connectivity index (χ1v) is 15.6. The summed E-state index contributed by atoms with van der Waals surface area (Å²) < 4.78 is 52.0. The summed E-state index contributed by atoms with van der Waals surface area (Å²) >= 11 is 0. The number of aliphatic hydroxyl groups excluding tert-OH is 1. The molecular weight excluding hydrogens is 608 g/mol. The Labute approximate surface area is 258 Å². The van der Waals surface area contributed by atoms with Gasteiger partial charge in [0.2, 0.25) is 6.23 Å². The standard InChI is InChI=1S/C31H35FN3O9P/c1-19(2)42-28(38)21(4)34-45(40,44-24-14-12-23(13-15-24)11-10-22-8-6-20(3)7-9-22)41-18-25-27(37)31(5,32)29(43-25)35-17-16-26(36)33-30(35)39/h6-19,21,27,29,37H,1-5H3,(H,34,40)(H,33,36,39)/b11-10+,25-18+/t21-,27+,29+,31+,45?/m0/s1. The maximum atomic E-state index is 15.6. The van der Waals surface area contributed by atoms with E-state index in [1.165, 1.54) is 19.1 Å². The van der Waals surface area contributed by atoms with Crippen LogP contribution in [0.25, 0.3) is 12.2 Å². The summed E-state index contributed by atoms with van der Waals surface area (Å²) in [4.78, 5) is 38.2. The number of nitrogens with zero attached hydrogens (tertiary/aromatic N) is 1. The van der Waals surface area contributed by atoms with Gasteiger partial charge in [-0.3, -0.25) is 19.1 Å². The van der Waals surface area contributed by atoms with Crippen molar-refractivity contribution in [3.63, 3.8) is 0 Å². The van der Waals surface area contributed by atoms with Gasteiger partial charge in [0.15, 0.2) is 17.5 Å². The van der Waals surface area contributed by atoms with Gasteiger partial charge in [-0.05, 0) is 57.9 Å². The third-order valence-electron chi connectivity index (χ3n) is 6.65. The molecule has 45 heavy (non-hydrogen) atoms. The molecular formula is C31H35FN3O9P. The number of aromatic nitrogens is 2. The van der Waals surface area contributed by atoms with Crippen molar-refractivity contribution >= 4 is 25.9 Å². The summed E-state index contributed by atoms with van der Waals surface area (Å²) in [7, 11) is -4.48. The Bertz CT molecular complexity index is 1730. The highest BCUT2D eigenvalue weighted by Crippen LogP contribution is 2.48. The van der Waals surface area contributed by atoms with Gasteiger partial charge >= 0.3 is 19.4 Å². The number of hydrogen-bond acceptors (Lipinski definition) is 9. The molecule has 1 aliphatic heterocycles. The first-order valence-electron chi connectivity index (χ1n) is 14.0. The molecule has 0 amide bonds. The number of H-pyrrole nitrogens is 1. The monoisotopic (exact) mass is 643 g/mol. The van der Waals surface area contributed by atoms with Crippen LogP contribution in [-0.2, 0) is 23.4 Å². The maximum Gasteiger partial charge on any atom is 0.513 e. The second kappa shape index (κ2) is 13.7. The number of hydrogen-bond donors (Lipinski definition) is 3. The Kier molecular flexibility index (Phi) is 10.2. The minimum Gasteiger partial charge on any atom is -0.465 e. The van der Waals surface area contributed by atoms with Crippen LogP contribution >= 0.6 is 7.75 Å². The third kappa shape index (κ3) is 8.39. The first-order chi connectivity index (χ1) is 21.2. The number of carbonyl (C=O) groups is 1. The number of aromatic amines is 1. The van der Waals surface area contributed by atoms with Crippen molar-refractivity contribution in [3.05, 3.63) is 110 Å². The van der Waals surface area contributed by atoms with E-state index in [9.17, 15) is 24.1 Å². The molecule has 0 spiro atoms. The van der Waals surface area contributed by atoms with Crippen molar-refractivity contribution in [3.8, 4) is 5.75 Å². The minimum atomic E-state index is -4.48. The predicted molar refractivity (Wildman–Crippen MR) is 165 cm³/mol. The molecule has 2 heterocycles. The van der Waals surface area contributed by atoms with E-state index >= 15 is 4.39 Å². The fraction of sp³-hybridized carbons (Fsp3) is 0.323. The van der Waals surface area contributed by atoms with Crippen molar-refractivity contribution < 1.29 is 37.4 Å². The van der Waals surface area contributed by atoms with Crippen LogP contribution in [0.5, 0.6) is 5.75 Å².